The summed E-state index contributed by atoms with van der Waals surface area (Å²) in [7, 11) is 0. The fraction of sp³-hybridized carbons (Fsp3) is 0.406. The van der Waals surface area contributed by atoms with Gasteiger partial charge in [0.25, 0.3) is 0 Å². The molecule has 3 aromatic rings. The van der Waals surface area contributed by atoms with Crippen LogP contribution in [-0.4, -0.2) is 50.7 Å². The standard InChI is InChI=1S/C32H36O7/c1-22-5-3-4-6-28(22)29-16-25(30(15-23(29)2)38-17-24-11-13-35-14-12-24)18-37-27-9-7-26(8-10-27)32(20-36-21-32)39-19-31(33)34/h3-10,15-16,24H,11-14,17-21H2,1-2H3,(H,33,34). The second-order valence-electron chi connectivity index (χ2n) is 10.4. The van der Waals surface area contributed by atoms with Crippen molar-refractivity contribution in [1.29, 1.82) is 0 Å². The number of hydrogen-bond donors (Lipinski definition) is 1. The lowest BCUT2D eigenvalue weighted by atomic mass is 9.91. The predicted molar refractivity (Wildman–Crippen MR) is 147 cm³/mol. The number of hydrogen-bond acceptors (Lipinski definition) is 6. The first kappa shape index (κ1) is 27.2. The van der Waals surface area contributed by atoms with E-state index >= 15 is 0 Å². The fourth-order valence-electron chi connectivity index (χ4n) is 5.10. The van der Waals surface area contributed by atoms with Gasteiger partial charge in [-0.1, -0.05) is 36.4 Å². The Bertz CT molecular complexity index is 1270. The van der Waals surface area contributed by atoms with E-state index in [1.165, 1.54) is 16.7 Å². The number of aryl methyl sites for hydroxylation is 2. The Morgan fingerprint density at radius 3 is 2.33 bits per heavy atom. The molecule has 0 bridgehead atoms. The highest BCUT2D eigenvalue weighted by Crippen LogP contribution is 2.36. The zero-order valence-electron chi connectivity index (χ0n) is 22.6. The summed E-state index contributed by atoms with van der Waals surface area (Å²) >= 11 is 0. The molecule has 2 aliphatic rings. The summed E-state index contributed by atoms with van der Waals surface area (Å²) in [5.74, 6) is 1.04. The lowest BCUT2D eigenvalue weighted by Crippen LogP contribution is -2.49. The van der Waals surface area contributed by atoms with E-state index < -0.39 is 11.6 Å². The van der Waals surface area contributed by atoms with Crippen molar-refractivity contribution >= 4 is 5.97 Å². The van der Waals surface area contributed by atoms with E-state index in [-0.39, 0.29) is 6.61 Å². The third kappa shape index (κ3) is 6.44. The van der Waals surface area contributed by atoms with Gasteiger partial charge in [0.05, 0.1) is 19.8 Å². The van der Waals surface area contributed by atoms with Gasteiger partial charge < -0.3 is 28.8 Å². The molecular weight excluding hydrogens is 496 g/mol. The minimum atomic E-state index is -1.00. The minimum Gasteiger partial charge on any atom is -0.493 e. The molecule has 2 fully saturated rings. The zero-order chi connectivity index (χ0) is 27.2. The molecule has 2 heterocycles. The average Bonchev–Trinajstić information content (AvgIpc) is 2.92. The first-order valence-electron chi connectivity index (χ1n) is 13.5. The molecule has 7 heteroatoms. The van der Waals surface area contributed by atoms with Gasteiger partial charge in [0, 0.05) is 18.8 Å². The first-order valence-corrected chi connectivity index (χ1v) is 13.5. The zero-order valence-corrected chi connectivity index (χ0v) is 22.6. The van der Waals surface area contributed by atoms with E-state index in [4.69, 9.17) is 28.8 Å². The van der Waals surface area contributed by atoms with Crippen LogP contribution >= 0.6 is 0 Å². The van der Waals surface area contributed by atoms with Gasteiger partial charge in [0.2, 0.25) is 0 Å². The van der Waals surface area contributed by atoms with E-state index in [0.29, 0.717) is 38.1 Å². The highest BCUT2D eigenvalue weighted by atomic mass is 16.6. The van der Waals surface area contributed by atoms with Gasteiger partial charge in [-0.15, -0.1) is 0 Å². The highest BCUT2D eigenvalue weighted by Gasteiger charge is 2.42. The molecule has 0 aliphatic carbocycles. The smallest absolute Gasteiger partial charge is 0.329 e. The van der Waals surface area contributed by atoms with Crippen molar-refractivity contribution in [3.05, 3.63) is 82.9 Å². The van der Waals surface area contributed by atoms with Crippen LogP contribution in [0.5, 0.6) is 11.5 Å². The van der Waals surface area contributed by atoms with Gasteiger partial charge in [-0.2, -0.15) is 0 Å². The molecule has 0 aromatic heterocycles. The van der Waals surface area contributed by atoms with Gasteiger partial charge >= 0.3 is 5.97 Å². The summed E-state index contributed by atoms with van der Waals surface area (Å²) < 4.78 is 29.1. The van der Waals surface area contributed by atoms with Crippen molar-refractivity contribution in [2.24, 2.45) is 5.92 Å². The summed E-state index contributed by atoms with van der Waals surface area (Å²) in [4.78, 5) is 11.0. The lowest BCUT2D eigenvalue weighted by Gasteiger charge is -2.41. The normalized spacial score (nSPS) is 16.9. The van der Waals surface area contributed by atoms with Crippen LogP contribution in [0.25, 0.3) is 11.1 Å². The van der Waals surface area contributed by atoms with Crippen LogP contribution < -0.4 is 9.47 Å². The van der Waals surface area contributed by atoms with Crippen LogP contribution in [0.4, 0.5) is 0 Å². The maximum absolute atomic E-state index is 11.0. The summed E-state index contributed by atoms with van der Waals surface area (Å²) in [5, 5.41) is 9.02. The Morgan fingerprint density at radius 1 is 0.923 bits per heavy atom. The molecule has 2 saturated heterocycles. The van der Waals surface area contributed by atoms with E-state index in [1.54, 1.807) is 0 Å². The number of benzene rings is 3. The molecule has 206 valence electrons. The van der Waals surface area contributed by atoms with Gasteiger partial charge in [-0.05, 0) is 84.7 Å². The monoisotopic (exact) mass is 532 g/mol. The Kier molecular flexibility index (Phi) is 8.50. The van der Waals surface area contributed by atoms with Gasteiger partial charge in [0.1, 0.15) is 30.3 Å². The molecule has 0 saturated carbocycles. The SMILES string of the molecule is Cc1ccccc1-c1cc(COc2ccc(C3(OCC(=O)O)COC3)cc2)c(OCC2CCOCC2)cc1C. The number of rotatable bonds is 11. The molecule has 0 radical (unpaired) electrons. The maximum atomic E-state index is 11.0. The Hall–Kier alpha value is -3.39. The number of carboxylic acid groups (broad SMARTS) is 1. The fourth-order valence-corrected chi connectivity index (χ4v) is 5.10. The third-order valence-electron chi connectivity index (χ3n) is 7.58. The average molecular weight is 533 g/mol. The number of ether oxygens (including phenoxy) is 5. The molecule has 0 atom stereocenters. The van der Waals surface area contributed by atoms with E-state index in [1.807, 2.05) is 24.3 Å². The van der Waals surface area contributed by atoms with Crippen molar-refractivity contribution in [2.45, 2.75) is 38.9 Å². The molecule has 7 nitrogen and oxygen atoms in total. The van der Waals surface area contributed by atoms with Crippen molar-refractivity contribution < 1.29 is 33.6 Å². The van der Waals surface area contributed by atoms with E-state index in [0.717, 1.165) is 48.5 Å². The van der Waals surface area contributed by atoms with Crippen molar-refractivity contribution in [3.8, 4) is 22.6 Å². The van der Waals surface area contributed by atoms with Crippen LogP contribution in [0.2, 0.25) is 0 Å². The van der Waals surface area contributed by atoms with Crippen molar-refractivity contribution in [3.63, 3.8) is 0 Å². The predicted octanol–water partition coefficient (Wildman–Crippen LogP) is 5.68. The molecule has 2 aliphatic heterocycles. The Balaban J connectivity index is 1.34. The van der Waals surface area contributed by atoms with Crippen LogP contribution in [0.3, 0.4) is 0 Å². The summed E-state index contributed by atoms with van der Waals surface area (Å²) in [5.41, 5.74) is 5.89. The van der Waals surface area contributed by atoms with Crippen molar-refractivity contribution in [1.82, 2.24) is 0 Å². The molecule has 3 aromatic carbocycles. The van der Waals surface area contributed by atoms with Gasteiger partial charge in [-0.25, -0.2) is 4.79 Å². The molecule has 5 rings (SSSR count). The van der Waals surface area contributed by atoms with E-state index in [9.17, 15) is 4.79 Å². The van der Waals surface area contributed by atoms with Crippen LogP contribution in [0, 0.1) is 19.8 Å². The third-order valence-corrected chi connectivity index (χ3v) is 7.58. The van der Waals surface area contributed by atoms with Crippen LogP contribution in [0.1, 0.15) is 35.1 Å². The molecule has 1 N–H and O–H groups in total. The minimum absolute atomic E-state index is 0.333. The maximum Gasteiger partial charge on any atom is 0.329 e. The summed E-state index contributed by atoms with van der Waals surface area (Å²) in [6, 6.07) is 20.3. The largest absolute Gasteiger partial charge is 0.493 e. The summed E-state index contributed by atoms with van der Waals surface area (Å²) in [6.07, 6.45) is 2.03. The first-order chi connectivity index (χ1) is 18.9. The number of carbonyl (C=O) groups is 1. The van der Waals surface area contributed by atoms with Crippen molar-refractivity contribution in [2.75, 3.05) is 39.6 Å². The molecular formula is C32H36O7. The lowest BCUT2D eigenvalue weighted by molar-refractivity contribution is -0.220. The Labute approximate surface area is 229 Å². The topological polar surface area (TPSA) is 83.5 Å². The summed E-state index contributed by atoms with van der Waals surface area (Å²) in [6.45, 7) is 7.15. The second-order valence-corrected chi connectivity index (χ2v) is 10.4. The molecule has 0 amide bonds. The molecule has 0 spiro atoms. The van der Waals surface area contributed by atoms with E-state index in [2.05, 4.69) is 50.2 Å². The Morgan fingerprint density at radius 2 is 1.67 bits per heavy atom. The van der Waals surface area contributed by atoms with Gasteiger partial charge in [-0.3, -0.25) is 0 Å². The molecule has 0 unspecified atom stereocenters. The van der Waals surface area contributed by atoms with Crippen LogP contribution in [0.15, 0.2) is 60.7 Å². The molecule has 39 heavy (non-hydrogen) atoms. The van der Waals surface area contributed by atoms with Crippen LogP contribution in [-0.2, 0) is 31.2 Å². The number of aliphatic carboxylic acids is 1. The highest BCUT2D eigenvalue weighted by molar-refractivity contribution is 5.72. The second kappa shape index (κ2) is 12.2. The quantitative estimate of drug-likeness (QED) is 0.340. The number of carboxylic acids is 1. The van der Waals surface area contributed by atoms with Gasteiger partial charge in [0.15, 0.2) is 0 Å².